The van der Waals surface area contributed by atoms with Gasteiger partial charge in [0.05, 0.1) is 5.02 Å². The number of hydrogen-bond donors (Lipinski definition) is 1. The van der Waals surface area contributed by atoms with Crippen LogP contribution in [0.2, 0.25) is 5.02 Å². The molecule has 0 aliphatic carbocycles. The lowest BCUT2D eigenvalue weighted by atomic mass is 10.1. The maximum atomic E-state index is 13.1. The number of carbonyl (C=O) groups is 2. The summed E-state index contributed by atoms with van der Waals surface area (Å²) in [7, 11) is -3.93. The molecule has 34 heavy (non-hydrogen) atoms. The highest BCUT2D eigenvalue weighted by Gasteiger charge is 2.27. The normalized spacial score (nSPS) is 14.1. The van der Waals surface area contributed by atoms with E-state index in [4.69, 9.17) is 11.6 Å². The Balaban J connectivity index is 1.43. The van der Waals surface area contributed by atoms with E-state index in [1.165, 1.54) is 18.2 Å². The Labute approximate surface area is 204 Å². The van der Waals surface area contributed by atoms with E-state index in [0.29, 0.717) is 31.7 Å². The zero-order valence-corrected chi connectivity index (χ0v) is 19.9. The minimum Gasteiger partial charge on any atom is -0.335 e. The highest BCUT2D eigenvalue weighted by Crippen LogP contribution is 2.24. The van der Waals surface area contributed by atoms with Crippen LogP contribution in [0.3, 0.4) is 0 Å². The number of nitrogens with one attached hydrogen (secondary N) is 1. The van der Waals surface area contributed by atoms with Gasteiger partial charge in [0.15, 0.2) is 0 Å². The molecule has 3 aromatic carbocycles. The average Bonchev–Trinajstić information content (AvgIpc) is 2.88. The van der Waals surface area contributed by atoms with Crippen LogP contribution in [-0.4, -0.2) is 56.2 Å². The number of hydrogen-bond acceptors (Lipinski definition) is 4. The van der Waals surface area contributed by atoms with Gasteiger partial charge < -0.3 is 9.80 Å². The van der Waals surface area contributed by atoms with Gasteiger partial charge >= 0.3 is 0 Å². The van der Waals surface area contributed by atoms with Crippen LogP contribution in [-0.2, 0) is 16.6 Å². The molecular weight excluding hydrogens is 474 g/mol. The first-order chi connectivity index (χ1) is 16.3. The summed E-state index contributed by atoms with van der Waals surface area (Å²) in [5.41, 5.74) is 1.64. The molecule has 0 atom stereocenters. The maximum Gasteiger partial charge on any atom is 0.254 e. The van der Waals surface area contributed by atoms with Gasteiger partial charge in [-0.1, -0.05) is 60.1 Å². The van der Waals surface area contributed by atoms with Crippen LogP contribution in [0.5, 0.6) is 0 Å². The van der Waals surface area contributed by atoms with E-state index >= 15 is 0 Å². The van der Waals surface area contributed by atoms with Crippen molar-refractivity contribution in [1.82, 2.24) is 14.5 Å². The third-order valence-corrected chi connectivity index (χ3v) is 7.53. The van der Waals surface area contributed by atoms with Crippen LogP contribution < -0.4 is 4.72 Å². The Morgan fingerprint density at radius 3 is 1.88 bits per heavy atom. The number of carbonyl (C=O) groups excluding carboxylic acids is 2. The molecule has 1 N–H and O–H groups in total. The summed E-state index contributed by atoms with van der Waals surface area (Å²) in [4.78, 5) is 28.9. The molecule has 1 aliphatic heterocycles. The van der Waals surface area contributed by atoms with E-state index in [2.05, 4.69) is 4.72 Å². The molecule has 1 aliphatic rings. The Morgan fingerprint density at radius 1 is 0.765 bits per heavy atom. The monoisotopic (exact) mass is 497 g/mol. The van der Waals surface area contributed by atoms with E-state index in [1.54, 1.807) is 21.9 Å². The summed E-state index contributed by atoms with van der Waals surface area (Å²) in [5, 5.41) is 0.0374. The molecule has 1 heterocycles. The molecule has 0 radical (unpaired) electrons. The number of sulfonamides is 1. The van der Waals surface area contributed by atoms with E-state index in [9.17, 15) is 18.0 Å². The molecule has 9 heteroatoms. The van der Waals surface area contributed by atoms with Gasteiger partial charge in [0.2, 0.25) is 10.0 Å². The van der Waals surface area contributed by atoms with Gasteiger partial charge in [-0.2, -0.15) is 0 Å². The summed E-state index contributed by atoms with van der Waals surface area (Å²) >= 11 is 6.18. The van der Waals surface area contributed by atoms with Gasteiger partial charge in [-0.05, 0) is 35.9 Å². The van der Waals surface area contributed by atoms with Crippen molar-refractivity contribution in [3.05, 3.63) is 101 Å². The van der Waals surface area contributed by atoms with Crippen molar-refractivity contribution in [1.29, 1.82) is 0 Å². The molecule has 1 fully saturated rings. The molecule has 0 unspecified atom stereocenters. The number of benzene rings is 3. The number of rotatable bonds is 6. The fraction of sp³-hybridized carbons (Fsp3) is 0.200. The van der Waals surface area contributed by atoms with Crippen LogP contribution in [0.15, 0.2) is 83.8 Å². The van der Waals surface area contributed by atoms with Crippen molar-refractivity contribution in [2.45, 2.75) is 11.4 Å². The highest BCUT2D eigenvalue weighted by molar-refractivity contribution is 7.89. The number of amides is 2. The second-order valence-electron chi connectivity index (χ2n) is 7.91. The topological polar surface area (TPSA) is 86.8 Å². The lowest BCUT2D eigenvalue weighted by Crippen LogP contribution is -2.50. The molecule has 2 amide bonds. The van der Waals surface area contributed by atoms with Crippen molar-refractivity contribution in [3.63, 3.8) is 0 Å². The predicted octanol–water partition coefficient (Wildman–Crippen LogP) is 3.42. The van der Waals surface area contributed by atoms with Crippen molar-refractivity contribution in [3.8, 4) is 0 Å². The van der Waals surface area contributed by atoms with E-state index in [0.717, 1.165) is 5.56 Å². The minimum absolute atomic E-state index is 0.0374. The number of nitrogens with zero attached hydrogens (tertiary/aromatic N) is 2. The molecule has 0 saturated carbocycles. The summed E-state index contributed by atoms with van der Waals surface area (Å²) in [5.74, 6) is -0.375. The molecule has 0 spiro atoms. The van der Waals surface area contributed by atoms with Gasteiger partial charge in [0.1, 0.15) is 4.90 Å². The maximum absolute atomic E-state index is 13.1. The van der Waals surface area contributed by atoms with Crippen molar-refractivity contribution < 1.29 is 18.0 Å². The Morgan fingerprint density at radius 2 is 1.29 bits per heavy atom. The van der Waals surface area contributed by atoms with Gasteiger partial charge in [-0.25, -0.2) is 13.1 Å². The summed E-state index contributed by atoms with van der Waals surface area (Å²) in [6, 6.07) is 22.4. The van der Waals surface area contributed by atoms with E-state index in [1.807, 2.05) is 48.5 Å². The zero-order valence-electron chi connectivity index (χ0n) is 18.4. The van der Waals surface area contributed by atoms with E-state index in [-0.39, 0.29) is 33.8 Å². The van der Waals surface area contributed by atoms with Crippen LogP contribution in [0.25, 0.3) is 0 Å². The highest BCUT2D eigenvalue weighted by atomic mass is 35.5. The fourth-order valence-corrected chi connectivity index (χ4v) is 5.29. The molecule has 0 aromatic heterocycles. The lowest BCUT2D eigenvalue weighted by Gasteiger charge is -2.35. The second kappa shape index (κ2) is 10.4. The van der Waals surface area contributed by atoms with Crippen molar-refractivity contribution in [2.75, 3.05) is 26.2 Å². The van der Waals surface area contributed by atoms with Crippen LogP contribution >= 0.6 is 11.6 Å². The van der Waals surface area contributed by atoms with Crippen LogP contribution in [0, 0.1) is 0 Å². The third kappa shape index (κ3) is 5.47. The predicted molar refractivity (Wildman–Crippen MR) is 130 cm³/mol. The van der Waals surface area contributed by atoms with Gasteiger partial charge in [0, 0.05) is 43.9 Å². The van der Waals surface area contributed by atoms with Crippen molar-refractivity contribution in [2.24, 2.45) is 0 Å². The molecule has 176 valence electrons. The summed E-state index contributed by atoms with van der Waals surface area (Å²) in [6.45, 7) is 1.62. The first kappa shape index (κ1) is 23.9. The average molecular weight is 498 g/mol. The first-order valence-electron chi connectivity index (χ1n) is 10.8. The quantitative estimate of drug-likeness (QED) is 0.565. The number of piperazine rings is 1. The van der Waals surface area contributed by atoms with Crippen molar-refractivity contribution >= 4 is 33.4 Å². The van der Waals surface area contributed by atoms with Gasteiger partial charge in [-0.15, -0.1) is 0 Å². The van der Waals surface area contributed by atoms with Gasteiger partial charge in [0.25, 0.3) is 11.8 Å². The molecule has 7 nitrogen and oxygen atoms in total. The molecular formula is C25H24ClN3O4S. The molecule has 0 bridgehead atoms. The largest absolute Gasteiger partial charge is 0.335 e. The Bertz CT molecular complexity index is 1280. The standard InChI is InChI=1S/C25H24ClN3O4S/c26-22-12-11-21(17-23(22)34(32,33)27-18-19-7-3-1-4-8-19)25(31)29-15-13-28(14-16-29)24(30)20-9-5-2-6-10-20/h1-12,17,27H,13-16,18H2. The fourth-order valence-electron chi connectivity index (χ4n) is 3.75. The lowest BCUT2D eigenvalue weighted by molar-refractivity contribution is 0.0535. The minimum atomic E-state index is -3.93. The van der Waals surface area contributed by atoms with Crippen LogP contribution in [0.1, 0.15) is 26.3 Å². The smallest absolute Gasteiger partial charge is 0.254 e. The zero-order chi connectivity index (χ0) is 24.1. The molecule has 4 rings (SSSR count). The van der Waals surface area contributed by atoms with E-state index < -0.39 is 10.0 Å². The SMILES string of the molecule is O=C(c1ccccc1)N1CCN(C(=O)c2ccc(Cl)c(S(=O)(=O)NCc3ccccc3)c2)CC1. The summed E-state index contributed by atoms with van der Waals surface area (Å²) in [6.07, 6.45) is 0. The Kier molecular flexibility index (Phi) is 7.31. The Hall–Kier alpha value is -3.20. The second-order valence-corrected chi connectivity index (χ2v) is 10.0. The first-order valence-corrected chi connectivity index (χ1v) is 12.7. The third-order valence-electron chi connectivity index (χ3n) is 5.65. The molecule has 1 saturated heterocycles. The van der Waals surface area contributed by atoms with Gasteiger partial charge in [-0.3, -0.25) is 9.59 Å². The molecule has 3 aromatic rings. The summed E-state index contributed by atoms with van der Waals surface area (Å²) < 4.78 is 28.3. The number of halogens is 1. The van der Waals surface area contributed by atoms with Crippen LogP contribution in [0.4, 0.5) is 0 Å².